The number of nitrogens with zero attached hydrogens (tertiary/aromatic N) is 4. The summed E-state index contributed by atoms with van der Waals surface area (Å²) in [6.45, 7) is 5.94. The van der Waals surface area contributed by atoms with Crippen LogP contribution in [0.2, 0.25) is 0 Å². The van der Waals surface area contributed by atoms with Crippen LogP contribution in [0.5, 0.6) is 0 Å². The lowest BCUT2D eigenvalue weighted by molar-refractivity contribution is 0.0699. The first-order valence-corrected chi connectivity index (χ1v) is 10.9. The molecule has 0 spiro atoms. The molecular weight excluding hydrogens is 380 g/mol. The molecule has 1 aromatic carbocycles. The Labute approximate surface area is 175 Å². The topological polar surface area (TPSA) is 49.3 Å². The Bertz CT molecular complexity index is 991. The zero-order chi connectivity index (χ0) is 19.8. The van der Waals surface area contributed by atoms with Crippen molar-refractivity contribution in [3.63, 3.8) is 0 Å². The van der Waals surface area contributed by atoms with E-state index in [1.165, 1.54) is 28.2 Å². The molecule has 5 nitrogen and oxygen atoms in total. The van der Waals surface area contributed by atoms with Crippen molar-refractivity contribution in [3.05, 3.63) is 82.6 Å². The van der Waals surface area contributed by atoms with E-state index in [9.17, 15) is 4.79 Å². The highest BCUT2D eigenvalue weighted by atomic mass is 32.1. The molecular formula is C23H24N4OS. The Kier molecular flexibility index (Phi) is 4.89. The van der Waals surface area contributed by atoms with Gasteiger partial charge >= 0.3 is 0 Å². The third-order valence-electron chi connectivity index (χ3n) is 6.31. The summed E-state index contributed by atoms with van der Waals surface area (Å²) in [4.78, 5) is 22.2. The summed E-state index contributed by atoms with van der Waals surface area (Å²) in [6, 6.07) is 12.3. The Hall–Kier alpha value is -2.57. The number of fused-ring (bicyclic) bond motifs is 1. The number of aromatic nitrogens is 2. The number of aryl methyl sites for hydroxylation is 1. The van der Waals surface area contributed by atoms with Crippen LogP contribution in [-0.4, -0.2) is 44.7 Å². The van der Waals surface area contributed by atoms with E-state index in [2.05, 4.69) is 55.7 Å². The molecule has 5 rings (SSSR count). The summed E-state index contributed by atoms with van der Waals surface area (Å²) in [5.74, 6) is 1.03. The van der Waals surface area contributed by atoms with Crippen molar-refractivity contribution in [2.24, 2.45) is 11.8 Å². The Balaban J connectivity index is 1.45. The summed E-state index contributed by atoms with van der Waals surface area (Å²) < 4.78 is 4.24. The van der Waals surface area contributed by atoms with E-state index in [0.29, 0.717) is 17.4 Å². The van der Waals surface area contributed by atoms with Crippen LogP contribution >= 0.6 is 11.5 Å². The van der Waals surface area contributed by atoms with Crippen molar-refractivity contribution in [1.82, 2.24) is 19.2 Å². The molecule has 2 aliphatic heterocycles. The molecule has 2 aliphatic rings. The molecule has 0 bridgehead atoms. The summed E-state index contributed by atoms with van der Waals surface area (Å²) >= 11 is 1.51. The number of hydrogen-bond donors (Lipinski definition) is 0. The molecule has 4 heterocycles. The molecule has 0 radical (unpaired) electrons. The van der Waals surface area contributed by atoms with Gasteiger partial charge in [0.05, 0.1) is 11.6 Å². The van der Waals surface area contributed by atoms with Crippen LogP contribution in [0.1, 0.15) is 33.1 Å². The van der Waals surface area contributed by atoms with Crippen LogP contribution < -0.4 is 0 Å². The average molecular weight is 405 g/mol. The second kappa shape index (κ2) is 7.69. The zero-order valence-electron chi connectivity index (χ0n) is 16.4. The van der Waals surface area contributed by atoms with Crippen LogP contribution in [0.3, 0.4) is 0 Å². The van der Waals surface area contributed by atoms with E-state index in [4.69, 9.17) is 0 Å². The van der Waals surface area contributed by atoms with Crippen molar-refractivity contribution in [2.75, 3.05) is 19.6 Å². The zero-order valence-corrected chi connectivity index (χ0v) is 17.3. The summed E-state index contributed by atoms with van der Waals surface area (Å²) in [5.41, 5.74) is 4.48. The normalized spacial score (nSPS) is 24.0. The maximum absolute atomic E-state index is 13.4. The molecule has 2 saturated heterocycles. The van der Waals surface area contributed by atoms with Gasteiger partial charge in [-0.3, -0.25) is 14.7 Å². The first-order valence-electron chi connectivity index (χ1n) is 10.1. The highest BCUT2D eigenvalue weighted by Crippen LogP contribution is 2.46. The number of hydrogen-bond acceptors (Lipinski definition) is 5. The van der Waals surface area contributed by atoms with E-state index in [0.717, 1.165) is 26.2 Å². The van der Waals surface area contributed by atoms with E-state index >= 15 is 0 Å². The monoisotopic (exact) mass is 404 g/mol. The minimum Gasteiger partial charge on any atom is -0.331 e. The van der Waals surface area contributed by atoms with Gasteiger partial charge < -0.3 is 4.90 Å². The molecule has 3 aromatic rings. The highest BCUT2D eigenvalue weighted by Gasteiger charge is 2.49. The average Bonchev–Trinajstić information content (AvgIpc) is 3.46. The summed E-state index contributed by atoms with van der Waals surface area (Å²) in [5, 5.41) is 2.13. The molecule has 148 valence electrons. The molecule has 29 heavy (non-hydrogen) atoms. The molecule has 2 aromatic heterocycles. The van der Waals surface area contributed by atoms with E-state index in [1.807, 2.05) is 18.3 Å². The fraction of sp³-hybridized carbons (Fsp3) is 0.348. The molecule has 0 saturated carbocycles. The van der Waals surface area contributed by atoms with Crippen LogP contribution in [0.25, 0.3) is 0 Å². The third-order valence-corrected chi connectivity index (χ3v) is 6.94. The molecule has 0 aliphatic carbocycles. The SMILES string of the molecule is Cc1ccccc1[C@@H]1[C@H]2CN(Cc3cnsc3)C[C@H]2CN1C(=O)c1cccnc1. The van der Waals surface area contributed by atoms with E-state index < -0.39 is 0 Å². The number of pyridine rings is 1. The fourth-order valence-electron chi connectivity index (χ4n) is 5.01. The van der Waals surface area contributed by atoms with Gasteiger partial charge in [0.2, 0.25) is 0 Å². The largest absolute Gasteiger partial charge is 0.331 e. The number of amides is 1. The highest BCUT2D eigenvalue weighted by molar-refractivity contribution is 7.03. The van der Waals surface area contributed by atoms with Gasteiger partial charge in [-0.15, -0.1) is 0 Å². The van der Waals surface area contributed by atoms with Gasteiger partial charge in [-0.1, -0.05) is 24.3 Å². The van der Waals surface area contributed by atoms with Gasteiger partial charge in [-0.25, -0.2) is 4.37 Å². The van der Waals surface area contributed by atoms with Crippen LogP contribution in [-0.2, 0) is 6.54 Å². The van der Waals surface area contributed by atoms with Crippen LogP contribution in [0, 0.1) is 18.8 Å². The number of carbonyl (C=O) groups excluding carboxylic acids is 1. The minimum atomic E-state index is 0.0920. The predicted octanol–water partition coefficient (Wildman–Crippen LogP) is 3.79. The second-order valence-corrected chi connectivity index (χ2v) is 8.81. The number of benzene rings is 1. The quantitative estimate of drug-likeness (QED) is 0.664. The van der Waals surface area contributed by atoms with Gasteiger partial charge in [-0.05, 0) is 53.2 Å². The van der Waals surface area contributed by atoms with Gasteiger partial charge in [0.25, 0.3) is 5.91 Å². The van der Waals surface area contributed by atoms with Crippen LogP contribution in [0.15, 0.2) is 60.4 Å². The lowest BCUT2D eigenvalue weighted by Crippen LogP contribution is -2.36. The maximum atomic E-state index is 13.4. The maximum Gasteiger partial charge on any atom is 0.255 e. The van der Waals surface area contributed by atoms with Crippen LogP contribution in [0.4, 0.5) is 0 Å². The van der Waals surface area contributed by atoms with Gasteiger partial charge in [0, 0.05) is 56.1 Å². The molecule has 1 amide bonds. The molecule has 0 N–H and O–H groups in total. The van der Waals surface area contributed by atoms with Crippen molar-refractivity contribution in [3.8, 4) is 0 Å². The molecule has 3 atom stereocenters. The lowest BCUT2D eigenvalue weighted by atomic mass is 9.87. The summed E-state index contributed by atoms with van der Waals surface area (Å²) in [6.07, 6.45) is 5.36. The summed E-state index contributed by atoms with van der Waals surface area (Å²) in [7, 11) is 0. The Morgan fingerprint density at radius 2 is 2.03 bits per heavy atom. The van der Waals surface area contributed by atoms with Gasteiger partial charge in [0.1, 0.15) is 0 Å². The predicted molar refractivity (Wildman–Crippen MR) is 114 cm³/mol. The Morgan fingerprint density at radius 1 is 1.14 bits per heavy atom. The first kappa shape index (κ1) is 18.5. The van der Waals surface area contributed by atoms with Crippen molar-refractivity contribution in [2.45, 2.75) is 19.5 Å². The van der Waals surface area contributed by atoms with E-state index in [-0.39, 0.29) is 11.9 Å². The van der Waals surface area contributed by atoms with Crippen molar-refractivity contribution >= 4 is 17.4 Å². The van der Waals surface area contributed by atoms with Crippen molar-refractivity contribution in [1.29, 1.82) is 0 Å². The third kappa shape index (κ3) is 3.47. The first-order chi connectivity index (χ1) is 14.2. The molecule has 0 unspecified atom stereocenters. The molecule has 2 fully saturated rings. The second-order valence-electron chi connectivity index (χ2n) is 8.15. The van der Waals surface area contributed by atoms with Crippen molar-refractivity contribution < 1.29 is 4.79 Å². The van der Waals surface area contributed by atoms with Gasteiger partial charge in [-0.2, -0.15) is 0 Å². The number of carbonyl (C=O) groups is 1. The molecule has 6 heteroatoms. The number of rotatable bonds is 4. The standard InChI is InChI=1S/C23H24N4OS/c1-16-5-2-3-7-20(16)22-21-14-26(11-17-9-25-29-15-17)12-19(21)13-27(22)23(28)18-6-4-8-24-10-18/h2-10,15,19,21-22H,11-14H2,1H3/t19-,21-,22+/m0/s1. The minimum absolute atomic E-state index is 0.0920. The lowest BCUT2D eigenvalue weighted by Gasteiger charge is -2.31. The Morgan fingerprint density at radius 3 is 2.79 bits per heavy atom. The fourth-order valence-corrected chi connectivity index (χ4v) is 5.54. The van der Waals surface area contributed by atoms with Gasteiger partial charge in [0.15, 0.2) is 0 Å². The smallest absolute Gasteiger partial charge is 0.255 e. The number of likely N-dealkylation sites (tertiary alicyclic amines) is 2. The van der Waals surface area contributed by atoms with E-state index in [1.54, 1.807) is 12.4 Å².